The Bertz CT molecular complexity index is 707. The molecule has 5 nitrogen and oxygen atoms in total. The van der Waals surface area contributed by atoms with Gasteiger partial charge in [0, 0.05) is 24.6 Å². The lowest BCUT2D eigenvalue weighted by atomic mass is 9.76. The van der Waals surface area contributed by atoms with Gasteiger partial charge < -0.3 is 14.9 Å². The van der Waals surface area contributed by atoms with Gasteiger partial charge in [-0.15, -0.1) is 0 Å². The fourth-order valence-electron chi connectivity index (χ4n) is 3.03. The number of ether oxygens (including phenoxy) is 1. The fourth-order valence-corrected chi connectivity index (χ4v) is 3.14. The second-order valence-corrected chi connectivity index (χ2v) is 6.39. The minimum atomic E-state index is -1.64. The average Bonchev–Trinajstić information content (AvgIpc) is 2.55. The highest BCUT2D eigenvalue weighted by Gasteiger charge is 2.49. The Morgan fingerprint density at radius 1 is 1.25 bits per heavy atom. The summed E-state index contributed by atoms with van der Waals surface area (Å²) in [5, 5.41) is 21.4. The second-order valence-electron chi connectivity index (χ2n) is 6.00. The second kappa shape index (κ2) is 6.99. The molecule has 0 bridgehead atoms. The summed E-state index contributed by atoms with van der Waals surface area (Å²) < 4.78 is 5.76. The van der Waals surface area contributed by atoms with Crippen molar-refractivity contribution in [3.05, 3.63) is 64.9 Å². The smallest absolute Gasteiger partial charge is 0.167 e. The summed E-state index contributed by atoms with van der Waals surface area (Å²) in [4.78, 5) is 16.3. The third-order valence-corrected chi connectivity index (χ3v) is 4.42. The van der Waals surface area contributed by atoms with Gasteiger partial charge in [-0.2, -0.15) is 0 Å². The number of carbonyl (C=O) groups is 1. The van der Waals surface area contributed by atoms with E-state index in [-0.39, 0.29) is 30.4 Å². The Hall–Kier alpha value is -1.79. The van der Waals surface area contributed by atoms with Gasteiger partial charge in [-0.25, -0.2) is 4.98 Å². The number of halogens is 1. The lowest BCUT2D eigenvalue weighted by Gasteiger charge is -2.40. The van der Waals surface area contributed by atoms with E-state index in [4.69, 9.17) is 16.3 Å². The average molecular weight is 348 g/mol. The third-order valence-electron chi connectivity index (χ3n) is 4.20. The van der Waals surface area contributed by atoms with Crippen molar-refractivity contribution in [3.8, 4) is 0 Å². The van der Waals surface area contributed by atoms with Crippen LogP contribution in [0.4, 0.5) is 0 Å². The first-order valence-corrected chi connectivity index (χ1v) is 8.07. The summed E-state index contributed by atoms with van der Waals surface area (Å²) in [6.07, 6.45) is -0.615. The molecule has 0 amide bonds. The molecular weight excluding hydrogens is 330 g/mol. The predicted molar refractivity (Wildman–Crippen MR) is 88.4 cm³/mol. The zero-order valence-electron chi connectivity index (χ0n) is 12.9. The van der Waals surface area contributed by atoms with Crippen molar-refractivity contribution < 1.29 is 19.7 Å². The number of hydrogen-bond acceptors (Lipinski definition) is 5. The van der Waals surface area contributed by atoms with Gasteiger partial charge in [0.2, 0.25) is 0 Å². The van der Waals surface area contributed by atoms with Gasteiger partial charge in [-0.1, -0.05) is 48.0 Å². The van der Waals surface area contributed by atoms with Gasteiger partial charge in [-0.05, 0) is 11.6 Å². The number of pyridine rings is 1. The number of rotatable bonds is 4. The molecule has 6 heteroatoms. The largest absolute Gasteiger partial charge is 0.393 e. The van der Waals surface area contributed by atoms with E-state index >= 15 is 0 Å². The van der Waals surface area contributed by atoms with E-state index in [1.54, 1.807) is 6.07 Å². The predicted octanol–water partition coefficient (Wildman–Crippen LogP) is 2.23. The minimum absolute atomic E-state index is 0.00150. The number of carbonyl (C=O) groups excluding carboxylic acids is 1. The van der Waals surface area contributed by atoms with E-state index in [1.165, 1.54) is 12.3 Å². The minimum Gasteiger partial charge on any atom is -0.393 e. The number of Topliss-reactive ketones (excluding diaryl/α,β-unsaturated/α-hetero) is 1. The van der Waals surface area contributed by atoms with Crippen LogP contribution in [0.5, 0.6) is 0 Å². The SMILES string of the molecule is O=C1C[C@H](O)C[C@@](O)(c2ccc(Cl)nc2)[C@@H]1OCc1ccccc1. The molecule has 1 aliphatic rings. The molecule has 0 spiro atoms. The standard InChI is InChI=1S/C18H18ClNO4/c19-16-7-6-13(10-20-16)18(23)9-14(21)8-15(22)17(18)24-11-12-4-2-1-3-5-12/h1-7,10,14,17,21,23H,8-9,11H2/t14-,17+,18+/m0/s1. The first-order chi connectivity index (χ1) is 11.5. The summed E-state index contributed by atoms with van der Waals surface area (Å²) in [7, 11) is 0. The van der Waals surface area contributed by atoms with Crippen LogP contribution in [0.2, 0.25) is 5.15 Å². The van der Waals surface area contributed by atoms with Gasteiger partial charge in [0.05, 0.1) is 12.7 Å². The summed E-state index contributed by atoms with van der Waals surface area (Å²) in [6.45, 7) is 0.191. The molecule has 1 heterocycles. The number of ketones is 1. The Kier molecular flexibility index (Phi) is 4.96. The van der Waals surface area contributed by atoms with Gasteiger partial charge in [0.25, 0.3) is 0 Å². The molecule has 3 rings (SSSR count). The van der Waals surface area contributed by atoms with E-state index in [0.29, 0.717) is 5.56 Å². The van der Waals surface area contributed by atoms with E-state index in [9.17, 15) is 15.0 Å². The summed E-state index contributed by atoms with van der Waals surface area (Å²) in [5.41, 5.74) is -0.341. The van der Waals surface area contributed by atoms with Crippen LogP contribution in [0.15, 0.2) is 48.7 Å². The molecule has 126 valence electrons. The highest BCUT2D eigenvalue weighted by atomic mass is 35.5. The van der Waals surface area contributed by atoms with Gasteiger partial charge in [-0.3, -0.25) is 4.79 Å². The highest BCUT2D eigenvalue weighted by Crippen LogP contribution is 2.38. The maximum Gasteiger partial charge on any atom is 0.167 e. The van der Waals surface area contributed by atoms with Crippen molar-refractivity contribution in [2.24, 2.45) is 0 Å². The number of benzene rings is 1. The molecule has 3 atom stereocenters. The van der Waals surface area contributed by atoms with Crippen LogP contribution < -0.4 is 0 Å². The van der Waals surface area contributed by atoms with Crippen molar-refractivity contribution in [1.29, 1.82) is 0 Å². The molecule has 1 saturated carbocycles. The van der Waals surface area contributed by atoms with Crippen LogP contribution >= 0.6 is 11.6 Å². The van der Waals surface area contributed by atoms with Crippen LogP contribution in [0, 0.1) is 0 Å². The third kappa shape index (κ3) is 3.49. The Balaban J connectivity index is 1.87. The number of aromatic nitrogens is 1. The quantitative estimate of drug-likeness (QED) is 0.829. The molecule has 1 aromatic carbocycles. The van der Waals surface area contributed by atoms with Gasteiger partial charge in [0.1, 0.15) is 16.9 Å². The van der Waals surface area contributed by atoms with Crippen LogP contribution in [-0.2, 0) is 21.7 Å². The molecule has 1 aliphatic carbocycles. The monoisotopic (exact) mass is 347 g/mol. The maximum atomic E-state index is 12.4. The van der Waals surface area contributed by atoms with E-state index < -0.39 is 17.8 Å². The summed E-state index contributed by atoms with van der Waals surface area (Å²) in [6, 6.07) is 12.5. The number of nitrogens with zero attached hydrogens (tertiary/aromatic N) is 1. The lowest BCUT2D eigenvalue weighted by molar-refractivity contribution is -0.177. The number of aliphatic hydroxyl groups is 2. The normalized spacial score (nSPS) is 27.2. The molecular formula is C18H18ClNO4. The maximum absolute atomic E-state index is 12.4. The zero-order valence-corrected chi connectivity index (χ0v) is 13.7. The Labute approximate surface area is 144 Å². The molecule has 24 heavy (non-hydrogen) atoms. The van der Waals surface area contributed by atoms with E-state index in [0.717, 1.165) is 5.56 Å². The van der Waals surface area contributed by atoms with Crippen molar-refractivity contribution in [2.45, 2.75) is 37.3 Å². The summed E-state index contributed by atoms with van der Waals surface area (Å²) in [5.74, 6) is -0.331. The Morgan fingerprint density at radius 3 is 2.67 bits per heavy atom. The van der Waals surface area contributed by atoms with Crippen LogP contribution in [0.1, 0.15) is 24.0 Å². The van der Waals surface area contributed by atoms with E-state index in [2.05, 4.69) is 4.98 Å². The molecule has 0 radical (unpaired) electrons. The van der Waals surface area contributed by atoms with Gasteiger partial charge in [0.15, 0.2) is 5.78 Å². The van der Waals surface area contributed by atoms with Crippen molar-refractivity contribution in [2.75, 3.05) is 0 Å². The van der Waals surface area contributed by atoms with Crippen LogP contribution in [-0.4, -0.2) is 33.2 Å². The number of hydrogen-bond donors (Lipinski definition) is 2. The number of aliphatic hydroxyl groups excluding tert-OH is 1. The van der Waals surface area contributed by atoms with Crippen molar-refractivity contribution in [3.63, 3.8) is 0 Å². The molecule has 1 aromatic heterocycles. The van der Waals surface area contributed by atoms with Crippen LogP contribution in [0.3, 0.4) is 0 Å². The molecule has 1 fully saturated rings. The molecule has 0 aliphatic heterocycles. The van der Waals surface area contributed by atoms with Crippen molar-refractivity contribution >= 4 is 17.4 Å². The fraction of sp³-hybridized carbons (Fsp3) is 0.333. The first-order valence-electron chi connectivity index (χ1n) is 7.70. The van der Waals surface area contributed by atoms with Crippen molar-refractivity contribution in [1.82, 2.24) is 4.98 Å². The highest BCUT2D eigenvalue weighted by molar-refractivity contribution is 6.29. The summed E-state index contributed by atoms with van der Waals surface area (Å²) >= 11 is 5.79. The topological polar surface area (TPSA) is 79.7 Å². The molecule has 0 unspecified atom stereocenters. The first kappa shape index (κ1) is 17.0. The van der Waals surface area contributed by atoms with Crippen LogP contribution in [0.25, 0.3) is 0 Å². The Morgan fingerprint density at radius 2 is 2.00 bits per heavy atom. The molecule has 2 aromatic rings. The molecule has 0 saturated heterocycles. The molecule has 2 N–H and O–H groups in total. The van der Waals surface area contributed by atoms with Gasteiger partial charge >= 0.3 is 0 Å². The lowest BCUT2D eigenvalue weighted by Crippen LogP contribution is -2.53. The van der Waals surface area contributed by atoms with E-state index in [1.807, 2.05) is 30.3 Å². The zero-order chi connectivity index (χ0) is 17.2.